The Kier molecular flexibility index (Phi) is 6.47. The van der Waals surface area contributed by atoms with E-state index < -0.39 is 0 Å². The molecule has 0 bridgehead atoms. The van der Waals surface area contributed by atoms with Crippen LogP contribution in [0.1, 0.15) is 48.2 Å². The Morgan fingerprint density at radius 3 is 2.77 bits per heavy atom. The first kappa shape index (κ1) is 18.2. The number of amides is 1. The van der Waals surface area contributed by atoms with Crippen LogP contribution in [0.2, 0.25) is 0 Å². The summed E-state index contributed by atoms with van der Waals surface area (Å²) in [6.07, 6.45) is 8.46. The molecule has 138 valence electrons. The molecule has 1 saturated carbocycles. The summed E-state index contributed by atoms with van der Waals surface area (Å²) in [5.74, 6) is 0.803. The summed E-state index contributed by atoms with van der Waals surface area (Å²) >= 11 is 0. The van der Waals surface area contributed by atoms with Gasteiger partial charge in [0.1, 0.15) is 11.4 Å². The van der Waals surface area contributed by atoms with Gasteiger partial charge >= 0.3 is 0 Å². The third kappa shape index (κ3) is 5.22. The summed E-state index contributed by atoms with van der Waals surface area (Å²) in [6.45, 7) is 0.794. The van der Waals surface area contributed by atoms with Crippen LogP contribution in [0.15, 0.2) is 42.6 Å². The Labute approximate surface area is 155 Å². The molecule has 0 unspecified atom stereocenters. The minimum absolute atomic E-state index is 0.0696. The van der Waals surface area contributed by atoms with Gasteiger partial charge in [-0.1, -0.05) is 31.4 Å². The van der Waals surface area contributed by atoms with Crippen molar-refractivity contribution in [2.45, 2.75) is 44.6 Å². The number of nitrogens with one attached hydrogen (secondary N) is 2. The third-order valence-electron chi connectivity index (χ3n) is 4.81. The molecule has 5 heteroatoms. The molecule has 0 aliphatic heterocycles. The quantitative estimate of drug-likeness (QED) is 0.794. The lowest BCUT2D eigenvalue weighted by atomic mass is 9.95. The monoisotopic (exact) mass is 353 g/mol. The van der Waals surface area contributed by atoms with Gasteiger partial charge in [-0.2, -0.15) is 0 Å². The Morgan fingerprint density at radius 2 is 2.04 bits per heavy atom. The van der Waals surface area contributed by atoms with E-state index in [9.17, 15) is 4.79 Å². The number of methoxy groups -OCH3 is 1. The van der Waals surface area contributed by atoms with Crippen molar-refractivity contribution < 1.29 is 9.53 Å². The van der Waals surface area contributed by atoms with Crippen LogP contribution in [0.5, 0.6) is 5.75 Å². The van der Waals surface area contributed by atoms with E-state index in [1.54, 1.807) is 19.4 Å². The van der Waals surface area contributed by atoms with Crippen molar-refractivity contribution in [2.24, 2.45) is 0 Å². The van der Waals surface area contributed by atoms with Crippen molar-refractivity contribution >= 4 is 11.6 Å². The first-order valence-electron chi connectivity index (χ1n) is 9.38. The molecular formula is C21H27N3O2. The number of carbonyl (C=O) groups excluding carboxylic acids is 1. The smallest absolute Gasteiger partial charge is 0.270 e. The molecule has 1 heterocycles. The van der Waals surface area contributed by atoms with Gasteiger partial charge in [-0.3, -0.25) is 4.79 Å². The molecular weight excluding hydrogens is 326 g/mol. The molecule has 1 aromatic carbocycles. The number of hydrogen-bond acceptors (Lipinski definition) is 4. The Hall–Kier alpha value is -2.56. The fourth-order valence-electron chi connectivity index (χ4n) is 3.32. The van der Waals surface area contributed by atoms with Gasteiger partial charge in [0.05, 0.1) is 19.0 Å². The maximum absolute atomic E-state index is 12.3. The van der Waals surface area contributed by atoms with Crippen molar-refractivity contribution in [3.63, 3.8) is 0 Å². The highest BCUT2D eigenvalue weighted by Gasteiger charge is 2.17. The topological polar surface area (TPSA) is 63.2 Å². The molecule has 5 nitrogen and oxygen atoms in total. The molecule has 1 aromatic heterocycles. The number of hydrogen-bond donors (Lipinski definition) is 2. The first-order chi connectivity index (χ1) is 12.7. The standard InChI is InChI=1S/C21H27N3O2/c1-26-19-9-5-6-16(14-19)12-13-22-18-10-11-20(23-15-18)21(25)24-17-7-3-2-4-8-17/h5-6,9-11,14-15,17,22H,2-4,7-8,12-13H2,1H3,(H,24,25). The zero-order valence-corrected chi connectivity index (χ0v) is 15.3. The summed E-state index contributed by atoms with van der Waals surface area (Å²) in [6, 6.07) is 12.1. The first-order valence-corrected chi connectivity index (χ1v) is 9.38. The summed E-state index contributed by atoms with van der Waals surface area (Å²) in [7, 11) is 1.68. The normalized spacial score (nSPS) is 14.7. The summed E-state index contributed by atoms with van der Waals surface area (Å²) in [4.78, 5) is 16.6. The average Bonchev–Trinajstić information content (AvgIpc) is 2.69. The summed E-state index contributed by atoms with van der Waals surface area (Å²) < 4.78 is 5.24. The molecule has 2 N–H and O–H groups in total. The highest BCUT2D eigenvalue weighted by atomic mass is 16.5. The van der Waals surface area contributed by atoms with Crippen molar-refractivity contribution in [1.29, 1.82) is 0 Å². The van der Waals surface area contributed by atoms with Gasteiger partial charge in [0.25, 0.3) is 5.91 Å². The molecule has 2 aromatic rings. The van der Waals surface area contributed by atoms with Gasteiger partial charge in [0.15, 0.2) is 0 Å². The number of nitrogens with zero attached hydrogens (tertiary/aromatic N) is 1. The lowest BCUT2D eigenvalue weighted by Crippen LogP contribution is -2.36. The van der Waals surface area contributed by atoms with Crippen LogP contribution in [0, 0.1) is 0 Å². The lowest BCUT2D eigenvalue weighted by molar-refractivity contribution is 0.0922. The molecule has 1 aliphatic rings. The highest BCUT2D eigenvalue weighted by Crippen LogP contribution is 2.18. The second-order valence-corrected chi connectivity index (χ2v) is 6.77. The lowest BCUT2D eigenvalue weighted by Gasteiger charge is -2.22. The molecule has 0 spiro atoms. The van der Waals surface area contributed by atoms with E-state index in [0.29, 0.717) is 11.7 Å². The molecule has 1 fully saturated rings. The zero-order chi connectivity index (χ0) is 18.2. The van der Waals surface area contributed by atoms with E-state index in [1.807, 2.05) is 24.3 Å². The van der Waals surface area contributed by atoms with Crippen LogP contribution in [0.3, 0.4) is 0 Å². The van der Waals surface area contributed by atoms with E-state index in [0.717, 1.165) is 37.2 Å². The Morgan fingerprint density at radius 1 is 1.19 bits per heavy atom. The maximum atomic E-state index is 12.3. The fourth-order valence-corrected chi connectivity index (χ4v) is 3.32. The van der Waals surface area contributed by atoms with Gasteiger partial charge in [-0.25, -0.2) is 4.98 Å². The van der Waals surface area contributed by atoms with Crippen molar-refractivity contribution in [1.82, 2.24) is 10.3 Å². The van der Waals surface area contributed by atoms with Crippen LogP contribution in [-0.4, -0.2) is 30.6 Å². The second-order valence-electron chi connectivity index (χ2n) is 6.77. The minimum atomic E-state index is -0.0696. The predicted octanol–water partition coefficient (Wildman–Crippen LogP) is 3.81. The Balaban J connectivity index is 1.47. The number of carbonyl (C=O) groups is 1. The van der Waals surface area contributed by atoms with Crippen molar-refractivity contribution in [3.8, 4) is 5.75 Å². The molecule has 0 saturated heterocycles. The fraction of sp³-hybridized carbons (Fsp3) is 0.429. The highest BCUT2D eigenvalue weighted by molar-refractivity contribution is 5.92. The van der Waals surface area contributed by atoms with E-state index in [4.69, 9.17) is 4.74 Å². The third-order valence-corrected chi connectivity index (χ3v) is 4.81. The molecule has 0 atom stereocenters. The molecule has 1 amide bonds. The SMILES string of the molecule is COc1cccc(CCNc2ccc(C(=O)NC3CCCCC3)nc2)c1. The minimum Gasteiger partial charge on any atom is -0.497 e. The second kappa shape index (κ2) is 9.22. The van der Waals surface area contributed by atoms with Gasteiger partial charge in [-0.05, 0) is 49.1 Å². The van der Waals surface area contributed by atoms with Crippen molar-refractivity contribution in [3.05, 3.63) is 53.9 Å². The van der Waals surface area contributed by atoms with Gasteiger partial charge in [0.2, 0.25) is 0 Å². The summed E-state index contributed by atoms with van der Waals surface area (Å²) in [5, 5.41) is 6.44. The number of benzene rings is 1. The molecule has 3 rings (SSSR count). The predicted molar refractivity (Wildman–Crippen MR) is 104 cm³/mol. The number of ether oxygens (including phenoxy) is 1. The Bertz CT molecular complexity index is 709. The largest absolute Gasteiger partial charge is 0.497 e. The van der Waals surface area contributed by atoms with Crippen LogP contribution in [0.4, 0.5) is 5.69 Å². The van der Waals surface area contributed by atoms with E-state index >= 15 is 0 Å². The molecule has 0 radical (unpaired) electrons. The summed E-state index contributed by atoms with van der Waals surface area (Å²) in [5.41, 5.74) is 2.62. The number of aromatic nitrogens is 1. The average molecular weight is 353 g/mol. The van der Waals surface area contributed by atoms with Crippen LogP contribution >= 0.6 is 0 Å². The zero-order valence-electron chi connectivity index (χ0n) is 15.3. The number of anilines is 1. The van der Waals surface area contributed by atoms with Crippen LogP contribution in [-0.2, 0) is 6.42 Å². The molecule has 1 aliphatic carbocycles. The van der Waals surface area contributed by atoms with Crippen molar-refractivity contribution in [2.75, 3.05) is 19.0 Å². The number of pyridine rings is 1. The van der Waals surface area contributed by atoms with E-state index in [2.05, 4.69) is 21.7 Å². The van der Waals surface area contributed by atoms with E-state index in [-0.39, 0.29) is 5.91 Å². The van der Waals surface area contributed by atoms with Gasteiger partial charge in [0, 0.05) is 12.6 Å². The van der Waals surface area contributed by atoms with Gasteiger partial charge < -0.3 is 15.4 Å². The van der Waals surface area contributed by atoms with Crippen LogP contribution in [0.25, 0.3) is 0 Å². The van der Waals surface area contributed by atoms with Gasteiger partial charge in [-0.15, -0.1) is 0 Å². The molecule has 26 heavy (non-hydrogen) atoms. The van der Waals surface area contributed by atoms with Crippen LogP contribution < -0.4 is 15.4 Å². The van der Waals surface area contributed by atoms with E-state index in [1.165, 1.54) is 24.8 Å². The number of rotatable bonds is 7. The maximum Gasteiger partial charge on any atom is 0.270 e.